The molecule has 0 spiro atoms. The number of nitrogens with zero attached hydrogens (tertiary/aromatic N) is 2. The zero-order valence-corrected chi connectivity index (χ0v) is 13.5. The molecule has 2 saturated heterocycles. The zero-order valence-electron chi connectivity index (χ0n) is 13.5. The first-order valence-electron chi connectivity index (χ1n) is 8.08. The average Bonchev–Trinajstić information content (AvgIpc) is 2.79. The lowest BCUT2D eigenvalue weighted by Gasteiger charge is -2.39. The van der Waals surface area contributed by atoms with Crippen molar-refractivity contribution in [2.75, 3.05) is 26.2 Å². The normalized spacial score (nSPS) is 27.8. The highest BCUT2D eigenvalue weighted by Crippen LogP contribution is 2.41. The van der Waals surface area contributed by atoms with Crippen molar-refractivity contribution in [2.45, 2.75) is 72.9 Å². The SMILES string of the molecule is CC.CCC1(CC)CC2CN(C(C)C)CCN2C1. The molecule has 0 aliphatic carbocycles. The van der Waals surface area contributed by atoms with E-state index >= 15 is 0 Å². The van der Waals surface area contributed by atoms with E-state index in [2.05, 4.69) is 37.5 Å². The van der Waals surface area contributed by atoms with Crippen molar-refractivity contribution in [3.05, 3.63) is 0 Å². The van der Waals surface area contributed by atoms with E-state index in [1.165, 1.54) is 45.4 Å². The summed E-state index contributed by atoms with van der Waals surface area (Å²) in [6, 6.07) is 1.57. The summed E-state index contributed by atoms with van der Waals surface area (Å²) in [7, 11) is 0. The molecule has 0 aromatic heterocycles. The molecule has 2 heteroatoms. The van der Waals surface area contributed by atoms with Crippen molar-refractivity contribution in [2.24, 2.45) is 5.41 Å². The van der Waals surface area contributed by atoms with Crippen LogP contribution >= 0.6 is 0 Å². The number of hydrogen-bond acceptors (Lipinski definition) is 2. The Balaban J connectivity index is 0.000000771. The van der Waals surface area contributed by atoms with Gasteiger partial charge in [-0.05, 0) is 38.5 Å². The molecule has 0 N–H and O–H groups in total. The zero-order chi connectivity index (χ0) is 13.8. The van der Waals surface area contributed by atoms with Gasteiger partial charge < -0.3 is 0 Å². The van der Waals surface area contributed by atoms with E-state index in [0.29, 0.717) is 5.41 Å². The molecular weight excluding hydrogens is 220 g/mol. The predicted octanol–water partition coefficient (Wildman–Crippen LogP) is 3.62. The van der Waals surface area contributed by atoms with E-state index in [4.69, 9.17) is 0 Å². The van der Waals surface area contributed by atoms with E-state index in [-0.39, 0.29) is 0 Å². The highest BCUT2D eigenvalue weighted by atomic mass is 15.3. The van der Waals surface area contributed by atoms with E-state index < -0.39 is 0 Å². The minimum atomic E-state index is 0.637. The van der Waals surface area contributed by atoms with Crippen LogP contribution in [0.25, 0.3) is 0 Å². The molecule has 0 saturated carbocycles. The summed E-state index contributed by atoms with van der Waals surface area (Å²) in [5.74, 6) is 0. The molecule has 0 amide bonds. The van der Waals surface area contributed by atoms with Gasteiger partial charge in [0.2, 0.25) is 0 Å². The maximum absolute atomic E-state index is 2.76. The predicted molar refractivity (Wildman–Crippen MR) is 81.1 cm³/mol. The van der Waals surface area contributed by atoms with Gasteiger partial charge in [0.15, 0.2) is 0 Å². The molecule has 0 aromatic rings. The highest BCUT2D eigenvalue weighted by molar-refractivity contribution is 4.98. The molecule has 0 bridgehead atoms. The van der Waals surface area contributed by atoms with Crippen LogP contribution in [0.5, 0.6) is 0 Å². The maximum Gasteiger partial charge on any atom is 0.0229 e. The molecular formula is C16H34N2. The van der Waals surface area contributed by atoms with Crippen LogP contribution in [0.1, 0.15) is 60.8 Å². The topological polar surface area (TPSA) is 6.48 Å². The summed E-state index contributed by atoms with van der Waals surface area (Å²) >= 11 is 0. The molecule has 2 rings (SSSR count). The molecule has 2 heterocycles. The van der Waals surface area contributed by atoms with Crippen molar-refractivity contribution < 1.29 is 0 Å². The van der Waals surface area contributed by atoms with E-state index in [1.807, 2.05) is 13.8 Å². The molecule has 2 fully saturated rings. The van der Waals surface area contributed by atoms with Crippen LogP contribution in [0, 0.1) is 5.41 Å². The second-order valence-electron chi connectivity index (χ2n) is 6.12. The third-order valence-corrected chi connectivity index (χ3v) is 5.07. The van der Waals surface area contributed by atoms with Crippen LogP contribution in [-0.4, -0.2) is 48.1 Å². The fourth-order valence-corrected chi connectivity index (χ4v) is 3.55. The third-order valence-electron chi connectivity index (χ3n) is 5.07. The molecule has 1 unspecified atom stereocenters. The Bertz CT molecular complexity index is 233. The highest BCUT2D eigenvalue weighted by Gasteiger charge is 2.43. The summed E-state index contributed by atoms with van der Waals surface area (Å²) in [6.45, 7) is 18.7. The van der Waals surface area contributed by atoms with Crippen LogP contribution in [0.4, 0.5) is 0 Å². The van der Waals surface area contributed by atoms with Crippen molar-refractivity contribution in [3.8, 4) is 0 Å². The largest absolute Gasteiger partial charge is 0.298 e. The molecule has 0 radical (unpaired) electrons. The maximum atomic E-state index is 2.76. The van der Waals surface area contributed by atoms with Gasteiger partial charge in [0.05, 0.1) is 0 Å². The average molecular weight is 254 g/mol. The van der Waals surface area contributed by atoms with Crippen molar-refractivity contribution >= 4 is 0 Å². The third kappa shape index (κ3) is 3.27. The Kier molecular flexibility index (Phi) is 6.13. The lowest BCUT2D eigenvalue weighted by Crippen LogP contribution is -2.52. The summed E-state index contributed by atoms with van der Waals surface area (Å²) in [5, 5.41) is 0. The van der Waals surface area contributed by atoms with Crippen molar-refractivity contribution in [1.29, 1.82) is 0 Å². The summed E-state index contributed by atoms with van der Waals surface area (Å²) in [6.07, 6.45) is 4.15. The van der Waals surface area contributed by atoms with E-state index in [0.717, 1.165) is 12.1 Å². The van der Waals surface area contributed by atoms with Crippen LogP contribution in [0.2, 0.25) is 0 Å². The summed E-state index contributed by atoms with van der Waals surface area (Å²) in [4.78, 5) is 5.41. The molecule has 0 aromatic carbocycles. The number of hydrogen-bond donors (Lipinski definition) is 0. The monoisotopic (exact) mass is 254 g/mol. The van der Waals surface area contributed by atoms with Crippen LogP contribution < -0.4 is 0 Å². The quantitative estimate of drug-likeness (QED) is 0.759. The Labute approximate surface area is 115 Å². The molecule has 1 atom stereocenters. The van der Waals surface area contributed by atoms with E-state index in [9.17, 15) is 0 Å². The molecule has 2 aliphatic heterocycles. The second-order valence-corrected chi connectivity index (χ2v) is 6.12. The second kappa shape index (κ2) is 6.91. The van der Waals surface area contributed by atoms with Gasteiger partial charge in [-0.15, -0.1) is 0 Å². The van der Waals surface area contributed by atoms with Crippen LogP contribution in [0.15, 0.2) is 0 Å². The van der Waals surface area contributed by atoms with Crippen LogP contribution in [-0.2, 0) is 0 Å². The van der Waals surface area contributed by atoms with Crippen molar-refractivity contribution in [1.82, 2.24) is 9.80 Å². The Morgan fingerprint density at radius 1 is 1.11 bits per heavy atom. The summed E-state index contributed by atoms with van der Waals surface area (Å²) < 4.78 is 0. The van der Waals surface area contributed by atoms with Crippen molar-refractivity contribution in [3.63, 3.8) is 0 Å². The molecule has 18 heavy (non-hydrogen) atoms. The smallest absolute Gasteiger partial charge is 0.0229 e. The van der Waals surface area contributed by atoms with Gasteiger partial charge in [-0.25, -0.2) is 0 Å². The first kappa shape index (κ1) is 16.0. The Morgan fingerprint density at radius 3 is 2.22 bits per heavy atom. The lowest BCUT2D eigenvalue weighted by molar-refractivity contribution is 0.0816. The van der Waals surface area contributed by atoms with Crippen LogP contribution in [0.3, 0.4) is 0 Å². The standard InChI is InChI=1S/C14H28N2.C2H6/c1-5-14(6-2)9-13-10-15(12(3)4)7-8-16(13)11-14;1-2/h12-13H,5-11H2,1-4H3;1-2H3. The van der Waals surface area contributed by atoms with E-state index in [1.54, 1.807) is 0 Å². The van der Waals surface area contributed by atoms with Gasteiger partial charge in [-0.3, -0.25) is 9.80 Å². The fourth-order valence-electron chi connectivity index (χ4n) is 3.55. The number of fused-ring (bicyclic) bond motifs is 1. The Hall–Kier alpha value is -0.0800. The lowest BCUT2D eigenvalue weighted by atomic mass is 9.80. The van der Waals surface area contributed by atoms with Gasteiger partial charge in [0.1, 0.15) is 0 Å². The van der Waals surface area contributed by atoms with Gasteiger partial charge >= 0.3 is 0 Å². The molecule has 2 aliphatic rings. The minimum Gasteiger partial charge on any atom is -0.298 e. The van der Waals surface area contributed by atoms with Gasteiger partial charge in [0, 0.05) is 38.3 Å². The molecule has 2 nitrogen and oxygen atoms in total. The number of piperazine rings is 1. The van der Waals surface area contributed by atoms with Gasteiger partial charge in [-0.2, -0.15) is 0 Å². The first-order valence-corrected chi connectivity index (χ1v) is 8.08. The first-order chi connectivity index (χ1) is 8.60. The Morgan fingerprint density at radius 2 is 1.72 bits per heavy atom. The number of rotatable bonds is 3. The van der Waals surface area contributed by atoms with Gasteiger partial charge in [0.25, 0.3) is 0 Å². The summed E-state index contributed by atoms with van der Waals surface area (Å²) in [5.41, 5.74) is 0.637. The molecule has 108 valence electrons. The minimum absolute atomic E-state index is 0.637. The fraction of sp³-hybridized carbons (Fsp3) is 1.00. The van der Waals surface area contributed by atoms with Gasteiger partial charge in [-0.1, -0.05) is 27.7 Å².